The van der Waals surface area contributed by atoms with Gasteiger partial charge >= 0.3 is 0 Å². The van der Waals surface area contributed by atoms with Gasteiger partial charge in [-0.3, -0.25) is 24.1 Å². The second-order valence-corrected chi connectivity index (χ2v) is 8.89. The van der Waals surface area contributed by atoms with Gasteiger partial charge in [-0.05, 0) is 55.3 Å². The lowest BCUT2D eigenvalue weighted by Crippen LogP contribution is -2.50. The van der Waals surface area contributed by atoms with E-state index in [1.165, 1.54) is 9.80 Å². The van der Waals surface area contributed by atoms with E-state index in [1.54, 1.807) is 55.6 Å². The molecule has 1 atom stereocenters. The van der Waals surface area contributed by atoms with Gasteiger partial charge in [0.2, 0.25) is 11.8 Å². The molecule has 0 aromatic heterocycles. The zero-order valence-corrected chi connectivity index (χ0v) is 21.1. The van der Waals surface area contributed by atoms with Crippen molar-refractivity contribution in [3.8, 4) is 5.75 Å². The SMILES string of the molecule is CC[C@H](C(=O)Nc1ccc(OC)cc1)N(Cc1ccc(C)cc1)C(=O)CN1C(=O)C(=O)c2ccccc21. The standard InChI is InChI=1S/C29H29N3O5/c1-4-24(28(35)30-21-13-15-22(37-3)16-14-21)31(17-20-11-9-19(2)10-12-20)26(33)18-32-25-8-6-5-7-23(25)27(34)29(32)36/h5-16,24H,4,17-18H2,1-3H3,(H,30,35)/t24-/m1/s1. The molecule has 1 aliphatic rings. The number of nitrogens with zero attached hydrogens (tertiary/aromatic N) is 2. The van der Waals surface area contributed by atoms with Crippen LogP contribution in [0.2, 0.25) is 0 Å². The molecule has 4 rings (SSSR count). The fraction of sp³-hybridized carbons (Fsp3) is 0.241. The minimum atomic E-state index is -0.806. The third kappa shape index (κ3) is 5.53. The van der Waals surface area contributed by atoms with Crippen molar-refractivity contribution in [2.75, 3.05) is 23.9 Å². The van der Waals surface area contributed by atoms with Gasteiger partial charge in [0.25, 0.3) is 11.7 Å². The molecular weight excluding hydrogens is 470 g/mol. The summed E-state index contributed by atoms with van der Waals surface area (Å²) in [5, 5.41) is 2.88. The molecule has 1 aliphatic heterocycles. The Bertz CT molecular complexity index is 1320. The lowest BCUT2D eigenvalue weighted by molar-refractivity contribution is -0.138. The van der Waals surface area contributed by atoms with Gasteiger partial charge < -0.3 is 15.0 Å². The fourth-order valence-electron chi connectivity index (χ4n) is 4.34. The van der Waals surface area contributed by atoms with E-state index in [9.17, 15) is 19.2 Å². The number of carbonyl (C=O) groups is 4. The lowest BCUT2D eigenvalue weighted by atomic mass is 10.1. The van der Waals surface area contributed by atoms with Gasteiger partial charge in [-0.1, -0.05) is 48.9 Å². The molecule has 3 aromatic rings. The average Bonchev–Trinajstić information content (AvgIpc) is 3.15. The highest BCUT2D eigenvalue weighted by Gasteiger charge is 2.38. The van der Waals surface area contributed by atoms with Crippen LogP contribution in [0.4, 0.5) is 11.4 Å². The third-order valence-corrected chi connectivity index (χ3v) is 6.39. The Morgan fingerprint density at radius 2 is 1.65 bits per heavy atom. The fourth-order valence-corrected chi connectivity index (χ4v) is 4.34. The zero-order chi connectivity index (χ0) is 26.5. The van der Waals surface area contributed by atoms with E-state index in [4.69, 9.17) is 4.74 Å². The summed E-state index contributed by atoms with van der Waals surface area (Å²) >= 11 is 0. The molecule has 0 saturated carbocycles. The van der Waals surface area contributed by atoms with E-state index in [-0.39, 0.29) is 24.6 Å². The topological polar surface area (TPSA) is 96.0 Å². The van der Waals surface area contributed by atoms with Crippen molar-refractivity contribution in [2.24, 2.45) is 0 Å². The maximum Gasteiger partial charge on any atom is 0.299 e. The molecule has 1 N–H and O–H groups in total. The molecule has 0 unspecified atom stereocenters. The Hall–Kier alpha value is -4.46. The van der Waals surface area contributed by atoms with Crippen LogP contribution in [0.1, 0.15) is 34.8 Å². The molecule has 8 nitrogen and oxygen atoms in total. The van der Waals surface area contributed by atoms with Crippen LogP contribution in [0.25, 0.3) is 0 Å². The van der Waals surface area contributed by atoms with E-state index < -0.39 is 23.6 Å². The number of fused-ring (bicyclic) bond motifs is 1. The van der Waals surface area contributed by atoms with Crippen LogP contribution in [0.5, 0.6) is 5.75 Å². The van der Waals surface area contributed by atoms with Crippen LogP contribution in [0.3, 0.4) is 0 Å². The van der Waals surface area contributed by atoms with Gasteiger partial charge in [-0.2, -0.15) is 0 Å². The van der Waals surface area contributed by atoms with E-state index in [0.29, 0.717) is 23.5 Å². The number of hydrogen-bond acceptors (Lipinski definition) is 5. The average molecular weight is 500 g/mol. The number of ether oxygens (including phenoxy) is 1. The summed E-state index contributed by atoms with van der Waals surface area (Å²) in [6.45, 7) is 3.62. The highest BCUT2D eigenvalue weighted by atomic mass is 16.5. The van der Waals surface area contributed by atoms with Crippen molar-refractivity contribution < 1.29 is 23.9 Å². The van der Waals surface area contributed by atoms with Crippen molar-refractivity contribution in [1.82, 2.24) is 4.90 Å². The second kappa shape index (κ2) is 11.1. The Morgan fingerprint density at radius 3 is 2.30 bits per heavy atom. The van der Waals surface area contributed by atoms with E-state index in [0.717, 1.165) is 11.1 Å². The molecule has 3 amide bonds. The number of Topliss-reactive ketones (excluding diaryl/α,β-unsaturated/α-hetero) is 1. The number of para-hydroxylation sites is 1. The maximum absolute atomic E-state index is 13.7. The third-order valence-electron chi connectivity index (χ3n) is 6.39. The van der Waals surface area contributed by atoms with Gasteiger partial charge in [-0.15, -0.1) is 0 Å². The van der Waals surface area contributed by atoms with E-state index >= 15 is 0 Å². The minimum Gasteiger partial charge on any atom is -0.497 e. The number of carbonyl (C=O) groups excluding carboxylic acids is 4. The Balaban J connectivity index is 1.61. The summed E-state index contributed by atoms with van der Waals surface area (Å²) in [6, 6.07) is 20.4. The summed E-state index contributed by atoms with van der Waals surface area (Å²) in [5.74, 6) is -1.52. The summed E-state index contributed by atoms with van der Waals surface area (Å²) in [4.78, 5) is 54.9. The predicted molar refractivity (Wildman–Crippen MR) is 141 cm³/mol. The monoisotopic (exact) mass is 499 g/mol. The van der Waals surface area contributed by atoms with E-state index in [2.05, 4.69) is 5.32 Å². The molecule has 1 heterocycles. The quantitative estimate of drug-likeness (QED) is 0.450. The van der Waals surface area contributed by atoms with Crippen LogP contribution >= 0.6 is 0 Å². The zero-order valence-electron chi connectivity index (χ0n) is 21.1. The highest BCUT2D eigenvalue weighted by Crippen LogP contribution is 2.29. The summed E-state index contributed by atoms with van der Waals surface area (Å²) in [7, 11) is 1.56. The Labute approximate surface area is 215 Å². The number of hydrogen-bond donors (Lipinski definition) is 1. The summed E-state index contributed by atoms with van der Waals surface area (Å²) < 4.78 is 5.17. The molecule has 8 heteroatoms. The first-order chi connectivity index (χ1) is 17.8. The van der Waals surface area contributed by atoms with Gasteiger partial charge in [0.15, 0.2) is 0 Å². The Kier molecular flexibility index (Phi) is 7.67. The highest BCUT2D eigenvalue weighted by molar-refractivity contribution is 6.52. The minimum absolute atomic E-state index is 0.172. The largest absolute Gasteiger partial charge is 0.497 e. The van der Waals surface area contributed by atoms with Crippen LogP contribution in [-0.2, 0) is 20.9 Å². The molecule has 190 valence electrons. The molecule has 0 fully saturated rings. The maximum atomic E-state index is 13.7. The van der Waals surface area contributed by atoms with Gasteiger partial charge in [-0.25, -0.2) is 0 Å². The molecule has 0 aliphatic carbocycles. The van der Waals surface area contributed by atoms with Crippen LogP contribution in [0.15, 0.2) is 72.8 Å². The van der Waals surface area contributed by atoms with Crippen LogP contribution in [0, 0.1) is 6.92 Å². The smallest absolute Gasteiger partial charge is 0.299 e. The van der Waals surface area contributed by atoms with Crippen molar-refractivity contribution in [2.45, 2.75) is 32.9 Å². The summed E-state index contributed by atoms with van der Waals surface area (Å²) in [6.07, 6.45) is 0.350. The normalized spacial score (nSPS) is 13.2. The first-order valence-corrected chi connectivity index (χ1v) is 12.1. The molecule has 0 spiro atoms. The number of ketones is 1. The van der Waals surface area contributed by atoms with Crippen molar-refractivity contribution in [3.05, 3.63) is 89.5 Å². The predicted octanol–water partition coefficient (Wildman–Crippen LogP) is 3.98. The number of benzene rings is 3. The van der Waals surface area contributed by atoms with Crippen molar-refractivity contribution >= 4 is 34.9 Å². The van der Waals surface area contributed by atoms with Crippen molar-refractivity contribution in [1.29, 1.82) is 0 Å². The number of nitrogens with one attached hydrogen (secondary N) is 1. The van der Waals surface area contributed by atoms with E-state index in [1.807, 2.05) is 38.1 Å². The summed E-state index contributed by atoms with van der Waals surface area (Å²) in [5.41, 5.74) is 3.16. The van der Waals surface area contributed by atoms with Gasteiger partial charge in [0.05, 0.1) is 18.4 Å². The van der Waals surface area contributed by atoms with Gasteiger partial charge in [0, 0.05) is 12.2 Å². The van der Waals surface area contributed by atoms with Crippen LogP contribution in [-0.4, -0.2) is 48.1 Å². The number of amides is 3. The van der Waals surface area contributed by atoms with Crippen molar-refractivity contribution in [3.63, 3.8) is 0 Å². The molecule has 0 radical (unpaired) electrons. The molecule has 0 saturated heterocycles. The van der Waals surface area contributed by atoms with Gasteiger partial charge in [0.1, 0.15) is 18.3 Å². The molecule has 0 bridgehead atoms. The number of methoxy groups -OCH3 is 1. The molecule has 37 heavy (non-hydrogen) atoms. The molecular formula is C29H29N3O5. The molecule has 3 aromatic carbocycles. The number of aryl methyl sites for hydroxylation is 1. The lowest BCUT2D eigenvalue weighted by Gasteiger charge is -2.32. The second-order valence-electron chi connectivity index (χ2n) is 8.89. The number of rotatable bonds is 9. The van der Waals surface area contributed by atoms with Crippen LogP contribution < -0.4 is 15.0 Å². The Morgan fingerprint density at radius 1 is 0.973 bits per heavy atom. The first-order valence-electron chi connectivity index (χ1n) is 12.1. The first kappa shape index (κ1) is 25.6. The number of anilines is 2.